The van der Waals surface area contributed by atoms with Crippen LogP contribution < -0.4 is 5.32 Å². The number of benzene rings is 1. The van der Waals surface area contributed by atoms with Gasteiger partial charge in [-0.3, -0.25) is 14.6 Å². The molecule has 0 aliphatic rings. The third-order valence-electron chi connectivity index (χ3n) is 5.11. The Kier molecular flexibility index (Phi) is 5.12. The number of nitrogens with one attached hydrogen (secondary N) is 2. The highest BCUT2D eigenvalue weighted by Gasteiger charge is 2.20. The standard InChI is InChI=1S/C22H24N6O/c1-14-5-6-19-18(11-14)20(16(3)21(27-19)17-12-23-24-13-17)22(29)26-15(2)7-10-28-9-4-8-25-28/h4-6,8-9,11-13,15H,7,10H2,1-3H3,(H,23,24)(H,26,29)/t15-/m1/s1. The van der Waals surface area contributed by atoms with Crippen molar-refractivity contribution >= 4 is 16.8 Å². The normalized spacial score (nSPS) is 12.2. The molecule has 148 valence electrons. The molecule has 0 saturated carbocycles. The van der Waals surface area contributed by atoms with Crippen LogP contribution in [0.25, 0.3) is 22.2 Å². The minimum absolute atomic E-state index is 0.0106. The molecule has 0 aliphatic carbocycles. The van der Waals surface area contributed by atoms with E-state index < -0.39 is 0 Å². The second-order valence-electron chi connectivity index (χ2n) is 7.40. The van der Waals surface area contributed by atoms with Gasteiger partial charge in [0.1, 0.15) is 0 Å². The summed E-state index contributed by atoms with van der Waals surface area (Å²) in [5.41, 5.74) is 5.04. The molecule has 0 unspecified atom stereocenters. The molecule has 7 heteroatoms. The average Bonchev–Trinajstić information content (AvgIpc) is 3.40. The predicted molar refractivity (Wildman–Crippen MR) is 113 cm³/mol. The summed E-state index contributed by atoms with van der Waals surface area (Å²) in [6.45, 7) is 6.74. The number of carbonyl (C=O) groups excluding carboxylic acids is 1. The van der Waals surface area contributed by atoms with Crippen LogP contribution in [0.1, 0.15) is 34.8 Å². The Bertz CT molecular complexity index is 1130. The van der Waals surface area contributed by atoms with Crippen molar-refractivity contribution in [2.75, 3.05) is 0 Å². The molecule has 3 aromatic heterocycles. The summed E-state index contributed by atoms with van der Waals surface area (Å²) in [6.07, 6.45) is 8.00. The maximum atomic E-state index is 13.3. The van der Waals surface area contributed by atoms with E-state index in [0.29, 0.717) is 5.56 Å². The van der Waals surface area contributed by atoms with E-state index in [9.17, 15) is 4.79 Å². The number of pyridine rings is 1. The summed E-state index contributed by atoms with van der Waals surface area (Å²) in [6, 6.07) is 7.91. The molecule has 4 aromatic rings. The van der Waals surface area contributed by atoms with Crippen molar-refractivity contribution in [3.05, 3.63) is 65.7 Å². The lowest BCUT2D eigenvalue weighted by molar-refractivity contribution is 0.0938. The highest BCUT2D eigenvalue weighted by atomic mass is 16.1. The Morgan fingerprint density at radius 3 is 2.90 bits per heavy atom. The van der Waals surface area contributed by atoms with Crippen LogP contribution in [0, 0.1) is 13.8 Å². The zero-order valence-electron chi connectivity index (χ0n) is 16.8. The lowest BCUT2D eigenvalue weighted by Gasteiger charge is -2.18. The Balaban J connectivity index is 1.68. The van der Waals surface area contributed by atoms with Gasteiger partial charge >= 0.3 is 0 Å². The topological polar surface area (TPSA) is 88.5 Å². The minimum atomic E-state index is -0.0850. The van der Waals surface area contributed by atoms with Crippen molar-refractivity contribution in [1.29, 1.82) is 0 Å². The lowest BCUT2D eigenvalue weighted by atomic mass is 9.97. The quantitative estimate of drug-likeness (QED) is 0.528. The van der Waals surface area contributed by atoms with Gasteiger partial charge in [0.2, 0.25) is 0 Å². The first kappa shape index (κ1) is 18.9. The van der Waals surface area contributed by atoms with E-state index in [1.165, 1.54) is 0 Å². The summed E-state index contributed by atoms with van der Waals surface area (Å²) >= 11 is 0. The van der Waals surface area contributed by atoms with Gasteiger partial charge in [-0.05, 0) is 51.0 Å². The summed E-state index contributed by atoms with van der Waals surface area (Å²) < 4.78 is 1.87. The van der Waals surface area contributed by atoms with Crippen molar-refractivity contribution in [3.63, 3.8) is 0 Å². The van der Waals surface area contributed by atoms with Crippen molar-refractivity contribution < 1.29 is 4.79 Å². The molecule has 4 rings (SSSR count). The number of amides is 1. The number of H-pyrrole nitrogens is 1. The third kappa shape index (κ3) is 3.89. The van der Waals surface area contributed by atoms with Crippen LogP contribution in [0.5, 0.6) is 0 Å². The summed E-state index contributed by atoms with van der Waals surface area (Å²) in [5, 5.41) is 15.1. The highest BCUT2D eigenvalue weighted by molar-refractivity contribution is 6.09. The van der Waals surface area contributed by atoms with E-state index in [0.717, 1.165) is 46.3 Å². The zero-order valence-corrected chi connectivity index (χ0v) is 16.8. The summed E-state index contributed by atoms with van der Waals surface area (Å²) in [7, 11) is 0. The number of aromatic nitrogens is 5. The van der Waals surface area contributed by atoms with Crippen LogP contribution >= 0.6 is 0 Å². The monoisotopic (exact) mass is 388 g/mol. The van der Waals surface area contributed by atoms with Gasteiger partial charge in [-0.25, -0.2) is 4.98 Å². The first-order valence-corrected chi connectivity index (χ1v) is 9.71. The van der Waals surface area contributed by atoms with Crippen LogP contribution in [-0.2, 0) is 6.54 Å². The number of rotatable bonds is 6. The molecule has 1 amide bonds. The number of aromatic amines is 1. The van der Waals surface area contributed by atoms with Gasteiger partial charge in [0.25, 0.3) is 5.91 Å². The second kappa shape index (κ2) is 7.87. The van der Waals surface area contributed by atoms with Gasteiger partial charge in [-0.15, -0.1) is 0 Å². The first-order chi connectivity index (χ1) is 14.0. The Morgan fingerprint density at radius 2 is 2.17 bits per heavy atom. The van der Waals surface area contributed by atoms with Gasteiger partial charge in [-0.2, -0.15) is 10.2 Å². The molecule has 2 N–H and O–H groups in total. The summed E-state index contributed by atoms with van der Waals surface area (Å²) in [4.78, 5) is 18.1. The van der Waals surface area contributed by atoms with Crippen LogP contribution in [-0.4, -0.2) is 36.9 Å². The number of aryl methyl sites for hydroxylation is 2. The molecule has 3 heterocycles. The van der Waals surface area contributed by atoms with Gasteiger partial charge in [-0.1, -0.05) is 11.6 Å². The van der Waals surface area contributed by atoms with E-state index in [1.807, 2.05) is 55.9 Å². The smallest absolute Gasteiger partial charge is 0.252 e. The molecular weight excluding hydrogens is 364 g/mol. The highest BCUT2D eigenvalue weighted by Crippen LogP contribution is 2.30. The number of carbonyl (C=O) groups is 1. The van der Waals surface area contributed by atoms with Gasteiger partial charge in [0.15, 0.2) is 0 Å². The third-order valence-corrected chi connectivity index (χ3v) is 5.11. The first-order valence-electron chi connectivity index (χ1n) is 9.71. The molecule has 1 aromatic carbocycles. The van der Waals surface area contributed by atoms with Crippen molar-refractivity contribution in [2.24, 2.45) is 0 Å². The van der Waals surface area contributed by atoms with E-state index >= 15 is 0 Å². The molecule has 0 radical (unpaired) electrons. The van der Waals surface area contributed by atoms with Gasteiger partial charge < -0.3 is 5.32 Å². The van der Waals surface area contributed by atoms with Gasteiger partial charge in [0, 0.05) is 42.1 Å². The van der Waals surface area contributed by atoms with Crippen LogP contribution in [0.2, 0.25) is 0 Å². The van der Waals surface area contributed by atoms with Crippen LogP contribution in [0.3, 0.4) is 0 Å². The maximum Gasteiger partial charge on any atom is 0.252 e. The molecule has 0 aliphatic heterocycles. The molecule has 0 spiro atoms. The van der Waals surface area contributed by atoms with E-state index in [-0.39, 0.29) is 11.9 Å². The molecule has 0 bridgehead atoms. The Morgan fingerprint density at radius 1 is 1.31 bits per heavy atom. The largest absolute Gasteiger partial charge is 0.349 e. The van der Waals surface area contributed by atoms with Crippen molar-refractivity contribution in [3.8, 4) is 11.3 Å². The number of fused-ring (bicyclic) bond motifs is 1. The van der Waals surface area contributed by atoms with E-state index in [4.69, 9.17) is 4.98 Å². The molecule has 29 heavy (non-hydrogen) atoms. The fraction of sp³-hybridized carbons (Fsp3) is 0.273. The number of nitrogens with zero attached hydrogens (tertiary/aromatic N) is 4. The second-order valence-corrected chi connectivity index (χ2v) is 7.40. The molecular formula is C22H24N6O. The maximum absolute atomic E-state index is 13.3. The van der Waals surface area contributed by atoms with E-state index in [2.05, 4.69) is 20.6 Å². The van der Waals surface area contributed by atoms with Crippen LogP contribution in [0.15, 0.2) is 49.1 Å². The molecule has 1 atom stereocenters. The minimum Gasteiger partial charge on any atom is -0.349 e. The lowest BCUT2D eigenvalue weighted by Crippen LogP contribution is -2.34. The SMILES string of the molecule is Cc1ccc2nc(-c3cn[nH]c3)c(C)c(C(=O)N[C@H](C)CCn3cccn3)c2c1. The number of hydrogen-bond donors (Lipinski definition) is 2. The fourth-order valence-electron chi connectivity index (χ4n) is 3.55. The summed E-state index contributed by atoms with van der Waals surface area (Å²) in [5.74, 6) is -0.0850. The zero-order chi connectivity index (χ0) is 20.4. The average molecular weight is 388 g/mol. The predicted octanol–water partition coefficient (Wildman–Crippen LogP) is 3.65. The van der Waals surface area contributed by atoms with Crippen molar-refractivity contribution in [2.45, 2.75) is 39.8 Å². The van der Waals surface area contributed by atoms with Gasteiger partial charge in [0.05, 0.1) is 23.0 Å². The van der Waals surface area contributed by atoms with Crippen LogP contribution in [0.4, 0.5) is 0 Å². The molecule has 0 fully saturated rings. The fourth-order valence-corrected chi connectivity index (χ4v) is 3.55. The molecule has 0 saturated heterocycles. The Hall–Kier alpha value is -3.48. The Labute approximate surface area is 169 Å². The van der Waals surface area contributed by atoms with Crippen molar-refractivity contribution in [1.82, 2.24) is 30.3 Å². The molecule has 7 nitrogen and oxygen atoms in total. The number of hydrogen-bond acceptors (Lipinski definition) is 4. The van der Waals surface area contributed by atoms with E-state index in [1.54, 1.807) is 18.6 Å².